The summed E-state index contributed by atoms with van der Waals surface area (Å²) in [7, 11) is 0. The lowest BCUT2D eigenvalue weighted by Crippen LogP contribution is -2.61. The van der Waals surface area contributed by atoms with Crippen molar-refractivity contribution >= 4 is 12.6 Å². The molecule has 0 amide bonds. The zero-order chi connectivity index (χ0) is 28.2. The van der Waals surface area contributed by atoms with Gasteiger partial charge in [-0.1, -0.05) is 80.4 Å². The number of hydrogen-bond donors (Lipinski definition) is 1. The molecule has 214 valence electrons. The van der Waals surface area contributed by atoms with Crippen LogP contribution in [0.2, 0.25) is 0 Å². The zero-order valence-corrected chi connectivity index (χ0v) is 25.9. The molecule has 0 radical (unpaired) electrons. The normalized spacial score (nSPS) is 37.7. The van der Waals surface area contributed by atoms with E-state index >= 15 is 0 Å². The van der Waals surface area contributed by atoms with E-state index in [2.05, 4.69) is 68.9 Å². The highest BCUT2D eigenvalue weighted by Crippen LogP contribution is 2.70. The van der Waals surface area contributed by atoms with E-state index in [0.29, 0.717) is 29.0 Å². The fourth-order valence-electron chi connectivity index (χ4n) is 10.4. The predicted molar refractivity (Wildman–Crippen MR) is 156 cm³/mol. The minimum Gasteiger partial charge on any atom is -0.389 e. The number of allylic oxidation sites excluding steroid dienone is 1. The van der Waals surface area contributed by atoms with Crippen molar-refractivity contribution in [2.45, 2.75) is 127 Å². The van der Waals surface area contributed by atoms with Crippen molar-refractivity contribution < 1.29 is 14.7 Å². The van der Waals surface area contributed by atoms with Gasteiger partial charge in [-0.25, -0.2) is 0 Å². The van der Waals surface area contributed by atoms with Gasteiger partial charge in [0.15, 0.2) is 0 Å². The van der Waals surface area contributed by atoms with Crippen LogP contribution in [-0.2, 0) is 9.59 Å². The van der Waals surface area contributed by atoms with E-state index in [4.69, 9.17) is 9.90 Å². The molecule has 0 aromatic carbocycles. The van der Waals surface area contributed by atoms with Crippen LogP contribution in [0.1, 0.15) is 127 Å². The zero-order valence-electron chi connectivity index (χ0n) is 25.9. The molecule has 0 bridgehead atoms. The van der Waals surface area contributed by atoms with E-state index in [1.54, 1.807) is 0 Å². The first-order chi connectivity index (χ1) is 17.2. The van der Waals surface area contributed by atoms with E-state index in [1.165, 1.54) is 76.1 Å². The van der Waals surface area contributed by atoms with Gasteiger partial charge >= 0.3 is 0 Å². The van der Waals surface area contributed by atoms with Crippen molar-refractivity contribution in [1.82, 2.24) is 0 Å². The minimum absolute atomic E-state index is 0.217. The number of hydrogen-bond acceptors (Lipinski definition) is 3. The summed E-state index contributed by atoms with van der Waals surface area (Å²) < 4.78 is 0. The largest absolute Gasteiger partial charge is 0.389 e. The van der Waals surface area contributed by atoms with Gasteiger partial charge in [-0.05, 0) is 110 Å². The number of aliphatic hydroxyl groups is 1. The van der Waals surface area contributed by atoms with Gasteiger partial charge in [-0.15, -0.1) is 0 Å². The van der Waals surface area contributed by atoms with Gasteiger partial charge in [0, 0.05) is 5.41 Å². The van der Waals surface area contributed by atoms with Crippen LogP contribution >= 0.6 is 0 Å². The Kier molecular flexibility index (Phi) is 10.9. The molecule has 0 aliphatic heterocycles. The van der Waals surface area contributed by atoms with Crippen molar-refractivity contribution in [3.63, 3.8) is 0 Å². The van der Waals surface area contributed by atoms with Gasteiger partial charge in [0.05, 0.1) is 6.61 Å². The Bertz CT molecular complexity index is 782. The monoisotopic (exact) mass is 516 g/mol. The fraction of sp³-hybridized carbons (Fsp3) is 0.882. The smallest absolute Gasteiger partial charge is 0.145 e. The highest BCUT2D eigenvalue weighted by Gasteiger charge is 2.63. The quantitative estimate of drug-likeness (QED) is 0.246. The summed E-state index contributed by atoms with van der Waals surface area (Å²) in [4.78, 5) is 21.1. The number of fused-ring (bicyclic) bond motifs is 3. The van der Waals surface area contributed by atoms with Crippen molar-refractivity contribution in [3.8, 4) is 0 Å². The molecule has 0 saturated heterocycles. The van der Waals surface area contributed by atoms with E-state index in [1.807, 2.05) is 0 Å². The van der Waals surface area contributed by atoms with E-state index < -0.39 is 0 Å². The van der Waals surface area contributed by atoms with Crippen LogP contribution in [0.15, 0.2) is 12.2 Å². The van der Waals surface area contributed by atoms with E-state index in [9.17, 15) is 4.79 Å². The molecule has 3 fully saturated rings. The SMILES string of the molecule is C=C(C)C(CCC)C1C2CCC3C(C)(CCC(C(C)(C)C=O)C3(C)CCC)C2CCC1(C)C.O=CCO. The van der Waals surface area contributed by atoms with Crippen molar-refractivity contribution in [2.24, 2.45) is 57.2 Å². The summed E-state index contributed by atoms with van der Waals surface area (Å²) in [5.74, 6) is 4.38. The molecule has 8 unspecified atom stereocenters. The maximum Gasteiger partial charge on any atom is 0.145 e. The molecule has 3 aliphatic rings. The average molecular weight is 517 g/mol. The molecule has 3 aliphatic carbocycles. The number of aldehydes is 2. The lowest BCUT2D eigenvalue weighted by molar-refractivity contribution is -0.188. The lowest BCUT2D eigenvalue weighted by Gasteiger charge is -2.68. The molecule has 0 spiro atoms. The Labute approximate surface area is 229 Å². The molecule has 1 N–H and O–H groups in total. The van der Waals surface area contributed by atoms with Crippen LogP contribution < -0.4 is 0 Å². The van der Waals surface area contributed by atoms with Gasteiger partial charge < -0.3 is 14.7 Å². The molecule has 0 aromatic rings. The number of carbonyl (C=O) groups excluding carboxylic acids is 2. The van der Waals surface area contributed by atoms with Gasteiger partial charge in [0.1, 0.15) is 12.6 Å². The number of aliphatic hydroxyl groups excluding tert-OH is 1. The highest BCUT2D eigenvalue weighted by molar-refractivity contribution is 5.59. The van der Waals surface area contributed by atoms with Crippen molar-refractivity contribution in [2.75, 3.05) is 6.61 Å². The number of rotatable bonds is 9. The summed E-state index contributed by atoms with van der Waals surface area (Å²) in [5.41, 5.74) is 2.31. The minimum atomic E-state index is -0.361. The van der Waals surface area contributed by atoms with Crippen LogP contribution in [0.5, 0.6) is 0 Å². The highest BCUT2D eigenvalue weighted by atomic mass is 16.3. The third kappa shape index (κ3) is 6.12. The Morgan fingerprint density at radius 3 is 2.14 bits per heavy atom. The Morgan fingerprint density at radius 2 is 1.65 bits per heavy atom. The lowest BCUT2D eigenvalue weighted by atomic mass is 9.37. The van der Waals surface area contributed by atoms with Crippen LogP contribution in [0.4, 0.5) is 0 Å². The average Bonchev–Trinajstić information content (AvgIpc) is 2.82. The number of carbonyl (C=O) groups is 2. The molecule has 3 heteroatoms. The van der Waals surface area contributed by atoms with Gasteiger partial charge in [0.2, 0.25) is 0 Å². The molecule has 37 heavy (non-hydrogen) atoms. The van der Waals surface area contributed by atoms with Crippen LogP contribution in [0.25, 0.3) is 0 Å². The van der Waals surface area contributed by atoms with Crippen molar-refractivity contribution in [3.05, 3.63) is 12.2 Å². The molecular formula is C34H60O3. The first kappa shape index (κ1) is 32.3. The molecule has 8 atom stereocenters. The second-order valence-corrected chi connectivity index (χ2v) is 14.8. The Morgan fingerprint density at radius 1 is 1.03 bits per heavy atom. The first-order valence-electron chi connectivity index (χ1n) is 15.4. The summed E-state index contributed by atoms with van der Waals surface area (Å²) in [6.07, 6.45) is 14.8. The molecule has 3 rings (SSSR count). The molecule has 3 saturated carbocycles. The van der Waals surface area contributed by atoms with Gasteiger partial charge in [-0.2, -0.15) is 0 Å². The summed E-state index contributed by atoms with van der Waals surface area (Å²) >= 11 is 0. The fourth-order valence-corrected chi connectivity index (χ4v) is 10.4. The van der Waals surface area contributed by atoms with Crippen LogP contribution in [0, 0.1) is 57.2 Å². The topological polar surface area (TPSA) is 54.4 Å². The molecule has 3 nitrogen and oxygen atoms in total. The summed E-state index contributed by atoms with van der Waals surface area (Å²) in [6.45, 7) is 26.0. The summed E-state index contributed by atoms with van der Waals surface area (Å²) in [5, 5.41) is 7.51. The maximum absolute atomic E-state index is 12.2. The van der Waals surface area contributed by atoms with Crippen molar-refractivity contribution in [1.29, 1.82) is 0 Å². The predicted octanol–water partition coefficient (Wildman–Crippen LogP) is 8.68. The molecule has 0 heterocycles. The first-order valence-corrected chi connectivity index (χ1v) is 15.4. The van der Waals surface area contributed by atoms with Gasteiger partial charge in [0.25, 0.3) is 0 Å². The molecular weight excluding hydrogens is 456 g/mol. The second-order valence-electron chi connectivity index (χ2n) is 14.8. The third-order valence-electron chi connectivity index (χ3n) is 11.7. The van der Waals surface area contributed by atoms with Gasteiger partial charge in [-0.3, -0.25) is 0 Å². The maximum atomic E-state index is 12.2. The van der Waals surface area contributed by atoms with E-state index in [-0.39, 0.29) is 17.4 Å². The van der Waals surface area contributed by atoms with Crippen LogP contribution in [-0.4, -0.2) is 24.3 Å². The summed E-state index contributed by atoms with van der Waals surface area (Å²) in [6, 6.07) is 0. The second kappa shape index (κ2) is 12.5. The third-order valence-corrected chi connectivity index (χ3v) is 11.7. The molecule has 0 aromatic heterocycles. The van der Waals surface area contributed by atoms with Crippen LogP contribution in [0.3, 0.4) is 0 Å². The standard InChI is InChI=1S/C32H56O.C2H4O2/c1-11-13-23(22(3)4)28-24-14-15-27-31(9,25(24)16-19-29(28,5)6)20-17-26(30(7,8)21-33)32(27,10)18-12-2;3-1-2-4/h21,23-28H,3,11-20H2,1-2,4-10H3;1,4H,2H2. The Hall–Kier alpha value is -0.960. The van der Waals surface area contributed by atoms with E-state index in [0.717, 1.165) is 23.7 Å². The Balaban J connectivity index is 0.00000112.